The Bertz CT molecular complexity index is 477. The SMILES string of the molecule is CCCS(=O)(=O)c1ccc(CC(NC)C(C)C)cc1. The third kappa shape index (κ3) is 4.62. The highest BCUT2D eigenvalue weighted by molar-refractivity contribution is 7.91. The molecule has 0 aliphatic rings. The molecule has 1 unspecified atom stereocenters. The molecule has 0 aliphatic heterocycles. The van der Waals surface area contributed by atoms with Gasteiger partial charge in [-0.05, 0) is 43.5 Å². The lowest BCUT2D eigenvalue weighted by Gasteiger charge is -2.20. The van der Waals surface area contributed by atoms with Gasteiger partial charge in [-0.1, -0.05) is 32.9 Å². The zero-order chi connectivity index (χ0) is 14.5. The second-order valence-corrected chi connectivity index (χ2v) is 7.42. The van der Waals surface area contributed by atoms with Gasteiger partial charge >= 0.3 is 0 Å². The number of sulfone groups is 1. The van der Waals surface area contributed by atoms with Crippen LogP contribution in [0.15, 0.2) is 29.2 Å². The van der Waals surface area contributed by atoms with Crippen LogP contribution in [0.4, 0.5) is 0 Å². The van der Waals surface area contributed by atoms with Crippen molar-refractivity contribution in [2.75, 3.05) is 12.8 Å². The lowest BCUT2D eigenvalue weighted by molar-refractivity contribution is 0.424. The Balaban J connectivity index is 2.82. The van der Waals surface area contributed by atoms with Crippen LogP contribution in [0, 0.1) is 5.92 Å². The first kappa shape index (κ1) is 16.2. The summed E-state index contributed by atoms with van der Waals surface area (Å²) < 4.78 is 23.8. The Labute approximate surface area is 117 Å². The normalized spacial score (nSPS) is 13.7. The lowest BCUT2D eigenvalue weighted by atomic mass is 9.97. The molecular weight excluding hydrogens is 258 g/mol. The van der Waals surface area contributed by atoms with Gasteiger partial charge in [-0.15, -0.1) is 0 Å². The molecule has 19 heavy (non-hydrogen) atoms. The minimum absolute atomic E-state index is 0.220. The smallest absolute Gasteiger partial charge is 0.178 e. The van der Waals surface area contributed by atoms with Crippen molar-refractivity contribution >= 4 is 9.84 Å². The number of rotatable bonds is 7. The second kappa shape index (κ2) is 7.06. The van der Waals surface area contributed by atoms with Gasteiger partial charge in [0, 0.05) is 6.04 Å². The van der Waals surface area contributed by atoms with E-state index in [1.54, 1.807) is 12.1 Å². The van der Waals surface area contributed by atoms with Crippen LogP contribution in [0.1, 0.15) is 32.8 Å². The summed E-state index contributed by atoms with van der Waals surface area (Å²) in [6, 6.07) is 7.73. The first-order valence-electron chi connectivity index (χ1n) is 6.89. The van der Waals surface area contributed by atoms with E-state index in [1.807, 2.05) is 26.1 Å². The molecule has 108 valence electrons. The van der Waals surface area contributed by atoms with Crippen LogP contribution in [-0.2, 0) is 16.3 Å². The van der Waals surface area contributed by atoms with Crippen molar-refractivity contribution in [2.45, 2.75) is 44.6 Å². The van der Waals surface area contributed by atoms with E-state index in [2.05, 4.69) is 19.2 Å². The van der Waals surface area contributed by atoms with Crippen LogP contribution < -0.4 is 5.32 Å². The molecule has 1 rings (SSSR count). The van der Waals surface area contributed by atoms with Gasteiger partial charge in [0.15, 0.2) is 9.84 Å². The number of nitrogens with one attached hydrogen (secondary N) is 1. The molecule has 0 amide bonds. The summed E-state index contributed by atoms with van der Waals surface area (Å²) in [5, 5.41) is 3.30. The summed E-state index contributed by atoms with van der Waals surface area (Å²) in [7, 11) is -1.13. The minimum Gasteiger partial charge on any atom is -0.316 e. The fraction of sp³-hybridized carbons (Fsp3) is 0.600. The highest BCUT2D eigenvalue weighted by atomic mass is 32.2. The first-order valence-corrected chi connectivity index (χ1v) is 8.55. The number of benzene rings is 1. The number of hydrogen-bond donors (Lipinski definition) is 1. The molecular formula is C15H25NO2S. The largest absolute Gasteiger partial charge is 0.316 e. The van der Waals surface area contributed by atoms with Gasteiger partial charge in [-0.3, -0.25) is 0 Å². The maximum absolute atomic E-state index is 11.9. The monoisotopic (exact) mass is 283 g/mol. The van der Waals surface area contributed by atoms with Crippen LogP contribution in [-0.4, -0.2) is 27.3 Å². The average molecular weight is 283 g/mol. The molecule has 0 heterocycles. The highest BCUT2D eigenvalue weighted by Gasteiger charge is 2.14. The molecule has 0 fully saturated rings. The van der Waals surface area contributed by atoms with Crippen molar-refractivity contribution in [3.63, 3.8) is 0 Å². The van der Waals surface area contributed by atoms with Gasteiger partial charge in [0.25, 0.3) is 0 Å². The van der Waals surface area contributed by atoms with Gasteiger partial charge < -0.3 is 5.32 Å². The summed E-state index contributed by atoms with van der Waals surface area (Å²) in [6.07, 6.45) is 1.57. The summed E-state index contributed by atoms with van der Waals surface area (Å²) in [5.41, 5.74) is 1.17. The molecule has 0 bridgehead atoms. The molecule has 1 N–H and O–H groups in total. The van der Waals surface area contributed by atoms with Crippen LogP contribution in [0.2, 0.25) is 0 Å². The number of hydrogen-bond acceptors (Lipinski definition) is 3. The van der Waals surface area contributed by atoms with Gasteiger partial charge in [0.2, 0.25) is 0 Å². The van der Waals surface area contributed by atoms with Gasteiger partial charge in [-0.2, -0.15) is 0 Å². The van der Waals surface area contributed by atoms with Crippen LogP contribution in [0.25, 0.3) is 0 Å². The van der Waals surface area contributed by atoms with Gasteiger partial charge in [0.05, 0.1) is 10.6 Å². The van der Waals surface area contributed by atoms with Crippen molar-refractivity contribution in [1.82, 2.24) is 5.32 Å². The third-order valence-electron chi connectivity index (χ3n) is 3.39. The van der Waals surface area contributed by atoms with Crippen molar-refractivity contribution in [3.05, 3.63) is 29.8 Å². The molecule has 0 radical (unpaired) electrons. The highest BCUT2D eigenvalue weighted by Crippen LogP contribution is 2.16. The molecule has 1 aromatic rings. The Morgan fingerprint density at radius 3 is 2.16 bits per heavy atom. The van der Waals surface area contributed by atoms with Crippen LogP contribution in [0.3, 0.4) is 0 Å². The molecule has 0 saturated heterocycles. The summed E-state index contributed by atoms with van der Waals surface area (Å²) in [6.45, 7) is 6.24. The molecule has 0 saturated carbocycles. The fourth-order valence-corrected chi connectivity index (χ4v) is 3.47. The quantitative estimate of drug-likeness (QED) is 0.837. The Morgan fingerprint density at radius 2 is 1.74 bits per heavy atom. The van der Waals surface area contributed by atoms with Crippen molar-refractivity contribution in [1.29, 1.82) is 0 Å². The first-order chi connectivity index (χ1) is 8.90. The zero-order valence-corrected chi connectivity index (χ0v) is 13.1. The Morgan fingerprint density at radius 1 is 1.16 bits per heavy atom. The maximum Gasteiger partial charge on any atom is 0.178 e. The van der Waals surface area contributed by atoms with E-state index in [4.69, 9.17) is 0 Å². The minimum atomic E-state index is -3.09. The Hall–Kier alpha value is -0.870. The molecule has 3 nitrogen and oxygen atoms in total. The summed E-state index contributed by atoms with van der Waals surface area (Å²) in [5.74, 6) is 0.769. The number of likely N-dealkylation sites (N-methyl/N-ethyl adjacent to an activating group) is 1. The van der Waals surface area contributed by atoms with E-state index in [0.29, 0.717) is 23.3 Å². The molecule has 0 aromatic heterocycles. The summed E-state index contributed by atoms with van der Waals surface area (Å²) in [4.78, 5) is 0.434. The third-order valence-corrected chi connectivity index (χ3v) is 5.32. The predicted octanol–water partition coefficient (Wildman–Crippen LogP) is 2.66. The van der Waals surface area contributed by atoms with E-state index in [-0.39, 0.29) is 5.75 Å². The van der Waals surface area contributed by atoms with E-state index in [0.717, 1.165) is 6.42 Å². The molecule has 0 spiro atoms. The fourth-order valence-electron chi connectivity index (χ4n) is 2.14. The van der Waals surface area contributed by atoms with E-state index >= 15 is 0 Å². The summed E-state index contributed by atoms with van der Waals surface area (Å²) >= 11 is 0. The van der Waals surface area contributed by atoms with Crippen LogP contribution in [0.5, 0.6) is 0 Å². The zero-order valence-electron chi connectivity index (χ0n) is 12.3. The molecule has 0 aliphatic carbocycles. The van der Waals surface area contributed by atoms with E-state index in [1.165, 1.54) is 5.56 Å². The van der Waals surface area contributed by atoms with Crippen LogP contribution >= 0.6 is 0 Å². The van der Waals surface area contributed by atoms with E-state index in [9.17, 15) is 8.42 Å². The molecule has 1 aromatic carbocycles. The van der Waals surface area contributed by atoms with Crippen molar-refractivity contribution in [2.24, 2.45) is 5.92 Å². The Kier molecular flexibility index (Phi) is 6.01. The predicted molar refractivity (Wildman–Crippen MR) is 80.2 cm³/mol. The lowest BCUT2D eigenvalue weighted by Crippen LogP contribution is -2.32. The van der Waals surface area contributed by atoms with E-state index < -0.39 is 9.84 Å². The topological polar surface area (TPSA) is 46.2 Å². The average Bonchev–Trinajstić information content (AvgIpc) is 2.36. The second-order valence-electron chi connectivity index (χ2n) is 5.31. The molecule has 1 atom stereocenters. The van der Waals surface area contributed by atoms with Gasteiger partial charge in [0.1, 0.15) is 0 Å². The maximum atomic E-state index is 11.9. The standard InChI is InChI=1S/C15H25NO2S/c1-5-10-19(17,18)14-8-6-13(7-9-14)11-15(16-4)12(2)3/h6-9,12,15-16H,5,10-11H2,1-4H3. The molecule has 4 heteroatoms. The van der Waals surface area contributed by atoms with Crippen molar-refractivity contribution < 1.29 is 8.42 Å². The van der Waals surface area contributed by atoms with Crippen molar-refractivity contribution in [3.8, 4) is 0 Å². The van der Waals surface area contributed by atoms with Gasteiger partial charge in [-0.25, -0.2) is 8.42 Å².